The molecule has 0 saturated heterocycles. The summed E-state index contributed by atoms with van der Waals surface area (Å²) >= 11 is 0. The van der Waals surface area contributed by atoms with Crippen LogP contribution in [0.4, 0.5) is 0 Å². The molecule has 1 atom stereocenters. The lowest BCUT2D eigenvalue weighted by atomic mass is 10.2. The first-order chi connectivity index (χ1) is 15.2. The van der Waals surface area contributed by atoms with Crippen LogP contribution in [0.25, 0.3) is 11.0 Å². The summed E-state index contributed by atoms with van der Waals surface area (Å²) < 4.78 is 36.4. The van der Waals surface area contributed by atoms with Gasteiger partial charge in [-0.3, -0.25) is 4.79 Å². The van der Waals surface area contributed by atoms with Gasteiger partial charge in [0.25, 0.3) is 5.91 Å². The Balaban J connectivity index is 1.71. The van der Waals surface area contributed by atoms with Crippen LogP contribution in [0.2, 0.25) is 0 Å². The van der Waals surface area contributed by atoms with E-state index in [0.29, 0.717) is 22.5 Å². The molecule has 1 heterocycles. The lowest BCUT2D eigenvalue weighted by Gasteiger charge is -2.15. The number of ether oxygens (including phenoxy) is 2. The monoisotopic (exact) mass is 463 g/mol. The van der Waals surface area contributed by atoms with E-state index in [9.17, 15) is 13.2 Å². The smallest absolute Gasteiger partial charge is 0.263 e. The number of nitrogens with one attached hydrogen (secondary N) is 1. The number of benzene rings is 2. The number of carbonyl (C=O) groups is 1. The summed E-state index contributed by atoms with van der Waals surface area (Å²) in [6.45, 7) is 1.80. The van der Waals surface area contributed by atoms with E-state index in [4.69, 9.17) is 14.3 Å². The summed E-state index contributed by atoms with van der Waals surface area (Å²) in [5.74, 6) is 0.759. The van der Waals surface area contributed by atoms with Gasteiger partial charge in [-0.1, -0.05) is 10.9 Å². The zero-order valence-electron chi connectivity index (χ0n) is 18.4. The van der Waals surface area contributed by atoms with Crippen molar-refractivity contribution in [3.8, 4) is 11.5 Å². The van der Waals surface area contributed by atoms with Crippen molar-refractivity contribution in [1.29, 1.82) is 0 Å². The van der Waals surface area contributed by atoms with E-state index >= 15 is 0 Å². The number of hydrogen-bond donors (Lipinski definition) is 1. The van der Waals surface area contributed by atoms with E-state index in [1.807, 2.05) is 6.07 Å². The number of carbonyl (C=O) groups excluding carboxylic acids is 1. The molecule has 1 unspecified atom stereocenters. The topological polar surface area (TPSA) is 125 Å². The van der Waals surface area contributed by atoms with Crippen LogP contribution in [0.15, 0.2) is 41.3 Å². The first-order valence-electron chi connectivity index (χ1n) is 9.61. The predicted molar refractivity (Wildman–Crippen MR) is 116 cm³/mol. The molecule has 0 aliphatic carbocycles. The van der Waals surface area contributed by atoms with Gasteiger partial charge < -0.3 is 19.6 Å². The Bertz CT molecular complexity index is 1220. The number of rotatable bonds is 9. The molecule has 0 aliphatic heterocycles. The third-order valence-electron chi connectivity index (χ3n) is 4.71. The Morgan fingerprint density at radius 1 is 1.12 bits per heavy atom. The maximum Gasteiger partial charge on any atom is 0.263 e. The molecule has 11 nitrogen and oxygen atoms in total. The Kier molecular flexibility index (Phi) is 6.84. The molecule has 0 saturated carbocycles. The number of amides is 1. The van der Waals surface area contributed by atoms with Crippen LogP contribution < -0.4 is 19.6 Å². The zero-order chi connectivity index (χ0) is 23.5. The van der Waals surface area contributed by atoms with Crippen molar-refractivity contribution < 1.29 is 27.5 Å². The van der Waals surface area contributed by atoms with Crippen LogP contribution in [0.3, 0.4) is 0 Å². The highest BCUT2D eigenvalue weighted by molar-refractivity contribution is 7.89. The summed E-state index contributed by atoms with van der Waals surface area (Å²) in [6.07, 6.45) is -0.922. The van der Waals surface area contributed by atoms with Crippen LogP contribution in [0.5, 0.6) is 11.5 Å². The number of hydrogen-bond acceptors (Lipinski definition) is 8. The van der Waals surface area contributed by atoms with Crippen LogP contribution in [-0.2, 0) is 21.4 Å². The van der Waals surface area contributed by atoms with Gasteiger partial charge in [-0.15, -0.1) is 5.10 Å². The summed E-state index contributed by atoms with van der Waals surface area (Å²) in [5.41, 5.74) is 1.57. The molecule has 1 amide bonds. The van der Waals surface area contributed by atoms with Crippen molar-refractivity contribution in [3.05, 3.63) is 42.0 Å². The van der Waals surface area contributed by atoms with Crippen molar-refractivity contribution in [2.45, 2.75) is 24.5 Å². The maximum atomic E-state index is 12.5. The first kappa shape index (κ1) is 23.3. The van der Waals surface area contributed by atoms with Crippen molar-refractivity contribution in [2.24, 2.45) is 0 Å². The Morgan fingerprint density at radius 2 is 1.84 bits per heavy atom. The standard InChI is InChI=1S/C20H25N5O6S/c1-13(20(26)21-12-14-6-9-18(29-4)19(10-14)30-5)31-25-17-11-15(32(27,28)24(2)3)7-8-16(17)22-23-25/h6-11,13H,12H2,1-5H3,(H,21,26). The highest BCUT2D eigenvalue weighted by Crippen LogP contribution is 2.27. The molecule has 12 heteroatoms. The van der Waals surface area contributed by atoms with Crippen molar-refractivity contribution in [3.63, 3.8) is 0 Å². The van der Waals surface area contributed by atoms with Crippen LogP contribution in [0, 0.1) is 0 Å². The highest BCUT2D eigenvalue weighted by Gasteiger charge is 2.21. The fourth-order valence-electron chi connectivity index (χ4n) is 2.85. The van der Waals surface area contributed by atoms with Crippen LogP contribution in [-0.4, -0.2) is 68.2 Å². The number of sulfonamides is 1. The van der Waals surface area contributed by atoms with E-state index < -0.39 is 16.1 Å². The second kappa shape index (κ2) is 9.40. The molecule has 172 valence electrons. The fourth-order valence-corrected chi connectivity index (χ4v) is 3.77. The second-order valence-electron chi connectivity index (χ2n) is 7.06. The summed E-state index contributed by atoms with van der Waals surface area (Å²) in [5, 5.41) is 10.6. The summed E-state index contributed by atoms with van der Waals surface area (Å²) in [6, 6.07) is 9.70. The molecule has 3 rings (SSSR count). The molecule has 1 N–H and O–H groups in total. The van der Waals surface area contributed by atoms with E-state index in [1.54, 1.807) is 26.2 Å². The van der Waals surface area contributed by atoms with Gasteiger partial charge in [-0.05, 0) is 48.0 Å². The molecular weight excluding hydrogens is 438 g/mol. The molecular formula is C20H25N5O6S. The third kappa shape index (κ3) is 4.75. The van der Waals surface area contributed by atoms with Gasteiger partial charge in [0.05, 0.1) is 19.1 Å². The van der Waals surface area contributed by atoms with Gasteiger partial charge in [0.2, 0.25) is 16.1 Å². The fraction of sp³-hybridized carbons (Fsp3) is 0.350. The summed E-state index contributed by atoms with van der Waals surface area (Å²) in [4.78, 5) is 19.2. The average Bonchev–Trinajstić information content (AvgIpc) is 3.18. The number of nitrogens with zero attached hydrogens (tertiary/aromatic N) is 4. The minimum atomic E-state index is -3.65. The highest BCUT2D eigenvalue weighted by atomic mass is 32.2. The quantitative estimate of drug-likeness (QED) is 0.495. The van der Waals surface area contributed by atoms with Gasteiger partial charge >= 0.3 is 0 Å². The van der Waals surface area contributed by atoms with Crippen molar-refractivity contribution in [2.75, 3.05) is 28.3 Å². The normalized spacial score (nSPS) is 12.6. The first-order valence-corrected chi connectivity index (χ1v) is 11.0. The molecule has 0 fully saturated rings. The second-order valence-corrected chi connectivity index (χ2v) is 9.21. The van der Waals surface area contributed by atoms with E-state index in [2.05, 4.69) is 15.6 Å². The Morgan fingerprint density at radius 3 is 2.50 bits per heavy atom. The minimum absolute atomic E-state index is 0.0627. The molecule has 1 aromatic heterocycles. The van der Waals surface area contributed by atoms with Gasteiger partial charge in [0, 0.05) is 20.6 Å². The molecule has 2 aromatic carbocycles. The van der Waals surface area contributed by atoms with Gasteiger partial charge in [0.1, 0.15) is 11.0 Å². The molecule has 32 heavy (non-hydrogen) atoms. The minimum Gasteiger partial charge on any atom is -0.493 e. The number of aromatic nitrogens is 3. The molecule has 0 aliphatic rings. The molecule has 0 spiro atoms. The average molecular weight is 464 g/mol. The van der Waals surface area contributed by atoms with Crippen LogP contribution >= 0.6 is 0 Å². The third-order valence-corrected chi connectivity index (χ3v) is 6.52. The number of fused-ring (bicyclic) bond motifs is 1. The Labute approximate surface area is 185 Å². The zero-order valence-corrected chi connectivity index (χ0v) is 19.2. The van der Waals surface area contributed by atoms with Gasteiger partial charge in [-0.25, -0.2) is 12.7 Å². The molecule has 3 aromatic rings. The van der Waals surface area contributed by atoms with E-state index in [-0.39, 0.29) is 17.3 Å². The number of methoxy groups -OCH3 is 2. The molecule has 0 radical (unpaired) electrons. The lowest BCUT2D eigenvalue weighted by Crippen LogP contribution is -2.39. The van der Waals surface area contributed by atoms with E-state index in [0.717, 1.165) is 14.7 Å². The summed E-state index contributed by atoms with van der Waals surface area (Å²) in [7, 11) is 2.32. The van der Waals surface area contributed by atoms with Crippen molar-refractivity contribution >= 4 is 27.0 Å². The maximum absolute atomic E-state index is 12.5. The van der Waals surface area contributed by atoms with Crippen molar-refractivity contribution in [1.82, 2.24) is 24.8 Å². The van der Waals surface area contributed by atoms with Crippen LogP contribution in [0.1, 0.15) is 12.5 Å². The Hall–Kier alpha value is -3.38. The SMILES string of the molecule is COc1ccc(CNC(=O)C(C)On2nnc3ccc(S(=O)(=O)N(C)C)cc32)cc1OC. The largest absolute Gasteiger partial charge is 0.493 e. The van der Waals surface area contributed by atoms with E-state index in [1.165, 1.54) is 39.4 Å². The van der Waals surface area contributed by atoms with Gasteiger partial charge in [-0.2, -0.15) is 0 Å². The predicted octanol–water partition coefficient (Wildman–Crippen LogP) is 0.832. The lowest BCUT2D eigenvalue weighted by molar-refractivity contribution is -0.133. The van der Waals surface area contributed by atoms with Gasteiger partial charge in [0.15, 0.2) is 11.5 Å². The molecule has 0 bridgehead atoms.